The third kappa shape index (κ3) is 4.14. The lowest BCUT2D eigenvalue weighted by Crippen LogP contribution is -2.29. The third-order valence-electron chi connectivity index (χ3n) is 5.37. The highest BCUT2D eigenvalue weighted by molar-refractivity contribution is 5.58. The van der Waals surface area contributed by atoms with Crippen LogP contribution in [0.1, 0.15) is 50.4 Å². The molecule has 0 atom stereocenters. The van der Waals surface area contributed by atoms with Gasteiger partial charge in [0.25, 0.3) is 0 Å². The first-order chi connectivity index (χ1) is 13.6. The average molecular weight is 378 g/mol. The van der Waals surface area contributed by atoms with E-state index in [1.54, 1.807) is 12.1 Å². The molecule has 0 aliphatic carbocycles. The lowest BCUT2D eigenvalue weighted by molar-refractivity contribution is 0.216. The van der Waals surface area contributed by atoms with E-state index in [2.05, 4.69) is 43.0 Å². The van der Waals surface area contributed by atoms with Crippen molar-refractivity contribution in [3.63, 3.8) is 0 Å². The van der Waals surface area contributed by atoms with E-state index in [-0.39, 0.29) is 5.82 Å². The molecular weight excluding hydrogens is 351 g/mol. The summed E-state index contributed by atoms with van der Waals surface area (Å²) < 4.78 is 15.2. The average Bonchev–Trinajstić information content (AvgIpc) is 3.13. The van der Waals surface area contributed by atoms with E-state index in [4.69, 9.17) is 10.1 Å². The van der Waals surface area contributed by atoms with Crippen molar-refractivity contribution < 1.29 is 4.39 Å². The van der Waals surface area contributed by atoms with Crippen LogP contribution in [0.25, 0.3) is 17.1 Å². The van der Waals surface area contributed by atoms with Crippen LogP contribution < -0.4 is 0 Å². The summed E-state index contributed by atoms with van der Waals surface area (Å²) in [6, 6.07) is 14.9. The summed E-state index contributed by atoms with van der Waals surface area (Å²) in [5.41, 5.74) is 3.14. The summed E-state index contributed by atoms with van der Waals surface area (Å²) in [4.78, 5) is 7.28. The lowest BCUT2D eigenvalue weighted by Gasteiger charge is -2.24. The number of benzene rings is 2. The molecule has 0 spiro atoms. The molecule has 0 saturated carbocycles. The van der Waals surface area contributed by atoms with Crippen LogP contribution in [0, 0.1) is 5.82 Å². The van der Waals surface area contributed by atoms with E-state index in [1.807, 2.05) is 4.68 Å². The molecule has 28 heavy (non-hydrogen) atoms. The fourth-order valence-electron chi connectivity index (χ4n) is 3.71. The molecule has 1 fully saturated rings. The Morgan fingerprint density at radius 2 is 1.61 bits per heavy atom. The molecule has 1 aliphatic heterocycles. The standard InChI is InChI=1S/C23H27FN4/c1-17(2)18-6-8-19(9-7-18)23-25-22(16-27-14-4-3-5-15-27)26-28(23)21-12-10-20(24)11-13-21/h6-13,17H,3-5,14-16H2,1-2H3. The second kappa shape index (κ2) is 8.23. The number of halogens is 1. The second-order valence-corrected chi connectivity index (χ2v) is 7.85. The Bertz CT molecular complexity index is 907. The van der Waals surface area contributed by atoms with Gasteiger partial charge in [-0.25, -0.2) is 14.1 Å². The summed E-state index contributed by atoms with van der Waals surface area (Å²) in [5.74, 6) is 1.85. The highest BCUT2D eigenvalue weighted by Crippen LogP contribution is 2.25. The van der Waals surface area contributed by atoms with Crippen LogP contribution in [0.2, 0.25) is 0 Å². The number of rotatable bonds is 5. The van der Waals surface area contributed by atoms with Gasteiger partial charge in [-0.2, -0.15) is 0 Å². The molecule has 5 heteroatoms. The van der Waals surface area contributed by atoms with Crippen LogP contribution in [0.4, 0.5) is 4.39 Å². The zero-order valence-corrected chi connectivity index (χ0v) is 16.6. The largest absolute Gasteiger partial charge is 0.296 e. The van der Waals surface area contributed by atoms with Crippen molar-refractivity contribution in [2.24, 2.45) is 0 Å². The van der Waals surface area contributed by atoms with Gasteiger partial charge in [0.1, 0.15) is 5.82 Å². The first-order valence-corrected chi connectivity index (χ1v) is 10.1. The molecule has 0 amide bonds. The third-order valence-corrected chi connectivity index (χ3v) is 5.37. The van der Waals surface area contributed by atoms with Crippen molar-refractivity contribution >= 4 is 0 Å². The maximum atomic E-state index is 13.4. The van der Waals surface area contributed by atoms with Crippen molar-refractivity contribution in [1.29, 1.82) is 0 Å². The van der Waals surface area contributed by atoms with Gasteiger partial charge in [-0.15, -0.1) is 5.10 Å². The summed E-state index contributed by atoms with van der Waals surface area (Å²) in [5, 5.41) is 4.78. The Morgan fingerprint density at radius 1 is 0.929 bits per heavy atom. The van der Waals surface area contributed by atoms with Crippen LogP contribution in [-0.4, -0.2) is 32.8 Å². The fraction of sp³-hybridized carbons (Fsp3) is 0.391. The van der Waals surface area contributed by atoms with E-state index >= 15 is 0 Å². The Kier molecular flexibility index (Phi) is 5.53. The van der Waals surface area contributed by atoms with Gasteiger partial charge in [0.2, 0.25) is 0 Å². The van der Waals surface area contributed by atoms with Crippen molar-refractivity contribution in [2.45, 2.75) is 45.6 Å². The van der Waals surface area contributed by atoms with Crippen LogP contribution >= 0.6 is 0 Å². The molecule has 1 saturated heterocycles. The minimum absolute atomic E-state index is 0.250. The Labute approximate surface area is 166 Å². The molecule has 3 aromatic rings. The molecular formula is C23H27FN4. The normalized spacial score (nSPS) is 15.3. The maximum Gasteiger partial charge on any atom is 0.165 e. The summed E-state index contributed by atoms with van der Waals surface area (Å²) in [6.07, 6.45) is 3.78. The maximum absolute atomic E-state index is 13.4. The summed E-state index contributed by atoms with van der Waals surface area (Å²) in [7, 11) is 0. The van der Waals surface area contributed by atoms with E-state index in [1.165, 1.54) is 37.0 Å². The monoisotopic (exact) mass is 378 g/mol. The molecule has 146 valence electrons. The van der Waals surface area contributed by atoms with E-state index in [9.17, 15) is 4.39 Å². The smallest absolute Gasteiger partial charge is 0.165 e. The Balaban J connectivity index is 1.70. The number of nitrogens with zero attached hydrogens (tertiary/aromatic N) is 4. The van der Waals surface area contributed by atoms with E-state index < -0.39 is 0 Å². The molecule has 0 radical (unpaired) electrons. The topological polar surface area (TPSA) is 34.0 Å². The van der Waals surface area contributed by atoms with Gasteiger partial charge < -0.3 is 0 Å². The van der Waals surface area contributed by atoms with Gasteiger partial charge in [0.15, 0.2) is 11.6 Å². The molecule has 0 unspecified atom stereocenters. The minimum atomic E-state index is -0.250. The predicted octanol–water partition coefficient (Wildman–Crippen LogP) is 5.18. The highest BCUT2D eigenvalue weighted by Gasteiger charge is 2.18. The zero-order chi connectivity index (χ0) is 19.5. The highest BCUT2D eigenvalue weighted by atomic mass is 19.1. The van der Waals surface area contributed by atoms with Gasteiger partial charge in [-0.05, 0) is 61.7 Å². The Morgan fingerprint density at radius 3 is 2.25 bits per heavy atom. The van der Waals surface area contributed by atoms with Crippen molar-refractivity contribution in [2.75, 3.05) is 13.1 Å². The number of piperidine rings is 1. The lowest BCUT2D eigenvalue weighted by atomic mass is 10.0. The number of likely N-dealkylation sites (tertiary alicyclic amines) is 1. The molecule has 0 N–H and O–H groups in total. The van der Waals surface area contributed by atoms with Crippen molar-refractivity contribution in [1.82, 2.24) is 19.7 Å². The van der Waals surface area contributed by atoms with Crippen molar-refractivity contribution in [3.05, 3.63) is 65.7 Å². The van der Waals surface area contributed by atoms with Gasteiger partial charge in [-0.3, -0.25) is 4.90 Å². The Hall–Kier alpha value is -2.53. The first-order valence-electron chi connectivity index (χ1n) is 10.1. The summed E-state index contributed by atoms with van der Waals surface area (Å²) in [6.45, 7) is 7.33. The molecule has 4 nitrogen and oxygen atoms in total. The van der Waals surface area contributed by atoms with Gasteiger partial charge in [0.05, 0.1) is 12.2 Å². The molecule has 1 aromatic heterocycles. The van der Waals surface area contributed by atoms with E-state index in [0.29, 0.717) is 5.92 Å². The minimum Gasteiger partial charge on any atom is -0.296 e. The van der Waals surface area contributed by atoms with Crippen LogP contribution in [-0.2, 0) is 6.54 Å². The molecule has 0 bridgehead atoms. The van der Waals surface area contributed by atoms with Crippen LogP contribution in [0.3, 0.4) is 0 Å². The molecule has 1 aliphatic rings. The van der Waals surface area contributed by atoms with Crippen molar-refractivity contribution in [3.8, 4) is 17.1 Å². The molecule has 2 aromatic carbocycles. The SMILES string of the molecule is CC(C)c1ccc(-c2nc(CN3CCCCC3)nn2-c2ccc(F)cc2)cc1. The number of aromatic nitrogens is 3. The second-order valence-electron chi connectivity index (χ2n) is 7.85. The first kappa shape index (κ1) is 18.8. The predicted molar refractivity (Wildman–Crippen MR) is 110 cm³/mol. The number of hydrogen-bond donors (Lipinski definition) is 0. The van der Waals surface area contributed by atoms with Gasteiger partial charge in [-0.1, -0.05) is 44.5 Å². The van der Waals surface area contributed by atoms with Gasteiger partial charge in [0, 0.05) is 5.56 Å². The number of hydrogen-bond acceptors (Lipinski definition) is 3. The molecule has 2 heterocycles. The fourth-order valence-corrected chi connectivity index (χ4v) is 3.71. The zero-order valence-electron chi connectivity index (χ0n) is 16.6. The van der Waals surface area contributed by atoms with Crippen LogP contribution in [0.15, 0.2) is 48.5 Å². The quantitative estimate of drug-likeness (QED) is 0.613. The molecule has 4 rings (SSSR count). The van der Waals surface area contributed by atoms with E-state index in [0.717, 1.165) is 42.5 Å². The summed E-state index contributed by atoms with van der Waals surface area (Å²) >= 11 is 0. The van der Waals surface area contributed by atoms with Gasteiger partial charge >= 0.3 is 0 Å². The van der Waals surface area contributed by atoms with Crippen LogP contribution in [0.5, 0.6) is 0 Å².